The maximum Gasteiger partial charge on any atom is 0.410 e. The summed E-state index contributed by atoms with van der Waals surface area (Å²) in [5.41, 5.74) is 8.38. The second-order valence-corrected chi connectivity index (χ2v) is 11.6. The van der Waals surface area contributed by atoms with Crippen LogP contribution in [0.1, 0.15) is 78.6 Å². The van der Waals surface area contributed by atoms with Gasteiger partial charge in [0.1, 0.15) is 18.0 Å². The monoisotopic (exact) mass is 523 g/mol. The first-order valence-electron chi connectivity index (χ1n) is 13.9. The van der Waals surface area contributed by atoms with Crippen molar-refractivity contribution in [3.8, 4) is 0 Å². The lowest BCUT2D eigenvalue weighted by molar-refractivity contribution is -0.134. The number of hydrogen-bond donors (Lipinski definition) is 6. The van der Waals surface area contributed by atoms with Gasteiger partial charge in [0.05, 0.1) is 12.2 Å². The second-order valence-electron chi connectivity index (χ2n) is 11.6. The highest BCUT2D eigenvalue weighted by molar-refractivity contribution is 5.79. The third kappa shape index (κ3) is 7.76. The second kappa shape index (κ2) is 12.7. The van der Waals surface area contributed by atoms with Crippen LogP contribution in [0.3, 0.4) is 0 Å². The van der Waals surface area contributed by atoms with E-state index in [0.29, 0.717) is 31.8 Å². The molecule has 6 unspecified atom stereocenters. The van der Waals surface area contributed by atoms with Crippen LogP contribution in [0.25, 0.3) is 0 Å². The number of carbonyl (C=O) groups is 3. The third-order valence-electron chi connectivity index (χ3n) is 7.62. The molecule has 0 spiro atoms. The van der Waals surface area contributed by atoms with Crippen molar-refractivity contribution < 1.29 is 24.0 Å². The van der Waals surface area contributed by atoms with Crippen LogP contribution in [0, 0.1) is 11.8 Å². The fourth-order valence-corrected chi connectivity index (χ4v) is 5.80. The smallest absolute Gasteiger partial charge is 0.410 e. The molecule has 1 saturated carbocycles. The van der Waals surface area contributed by atoms with Gasteiger partial charge in [-0.1, -0.05) is 12.8 Å². The van der Waals surface area contributed by atoms with E-state index in [-0.39, 0.29) is 48.4 Å². The summed E-state index contributed by atoms with van der Waals surface area (Å²) in [6, 6.07) is -0.0583. The standard InChI is InChI=1S/C25H45N7O5/c1-25(2,3)36-24(35)32-15-6-10-18(32)22-28-20(37-31-22)12-11-19(33)26-13-7-14-27-21-16-8-4-5-9-17(16)23(34)30-29-21/h16-18,20-22,27-29,31H,4-15H2,1-3H3,(H,26,33)(H,30,34). The average Bonchev–Trinajstić information content (AvgIpc) is 3.53. The van der Waals surface area contributed by atoms with Crippen molar-refractivity contribution in [1.82, 2.24) is 37.2 Å². The van der Waals surface area contributed by atoms with Crippen LogP contribution >= 0.6 is 0 Å². The number of amides is 3. The van der Waals surface area contributed by atoms with Crippen LogP contribution in [0.15, 0.2) is 0 Å². The summed E-state index contributed by atoms with van der Waals surface area (Å²) in [7, 11) is 0. The van der Waals surface area contributed by atoms with Crippen LogP contribution in [-0.4, -0.2) is 72.6 Å². The Morgan fingerprint density at radius 3 is 2.76 bits per heavy atom. The number of carbonyl (C=O) groups excluding carboxylic acids is 3. The van der Waals surface area contributed by atoms with Crippen LogP contribution in [0.4, 0.5) is 4.79 Å². The lowest BCUT2D eigenvalue weighted by atomic mass is 9.76. The number of likely N-dealkylation sites (tertiary alicyclic amines) is 1. The lowest BCUT2D eigenvalue weighted by Gasteiger charge is -2.41. The Balaban J connectivity index is 1.09. The highest BCUT2D eigenvalue weighted by Crippen LogP contribution is 2.33. The highest BCUT2D eigenvalue weighted by Gasteiger charge is 2.41. The molecule has 0 aromatic heterocycles. The molecule has 3 amide bonds. The number of fused-ring (bicyclic) bond motifs is 1. The molecule has 4 aliphatic rings. The SMILES string of the molecule is CC(C)(C)OC(=O)N1CCCC1C1NOC(CCC(=O)NCCCNC2NNC(=O)C3CCCCC23)N1. The summed E-state index contributed by atoms with van der Waals surface area (Å²) in [5.74, 6) is 0.525. The molecule has 0 bridgehead atoms. The van der Waals surface area contributed by atoms with Gasteiger partial charge in [0.25, 0.3) is 0 Å². The Morgan fingerprint density at radius 2 is 1.95 bits per heavy atom. The quantitative estimate of drug-likeness (QED) is 0.242. The summed E-state index contributed by atoms with van der Waals surface area (Å²) in [6.45, 7) is 7.60. The van der Waals surface area contributed by atoms with E-state index in [1.807, 2.05) is 20.8 Å². The van der Waals surface area contributed by atoms with Crippen molar-refractivity contribution in [2.24, 2.45) is 11.8 Å². The molecule has 6 N–H and O–H groups in total. The fraction of sp³-hybridized carbons (Fsp3) is 0.880. The molecule has 37 heavy (non-hydrogen) atoms. The number of hydrazine groups is 1. The van der Waals surface area contributed by atoms with Gasteiger partial charge in [0.2, 0.25) is 11.8 Å². The van der Waals surface area contributed by atoms with Crippen molar-refractivity contribution >= 4 is 17.9 Å². The van der Waals surface area contributed by atoms with Crippen LogP contribution < -0.4 is 32.3 Å². The molecule has 4 fully saturated rings. The summed E-state index contributed by atoms with van der Waals surface area (Å²) < 4.78 is 5.55. The summed E-state index contributed by atoms with van der Waals surface area (Å²) in [6.07, 6.45) is 7.05. The van der Waals surface area contributed by atoms with E-state index < -0.39 is 5.60 Å². The maximum atomic E-state index is 12.6. The average molecular weight is 524 g/mol. The van der Waals surface area contributed by atoms with Gasteiger partial charge in [-0.3, -0.25) is 25.2 Å². The normalized spacial score (nSPS) is 32.1. The molecule has 6 atom stereocenters. The predicted molar refractivity (Wildman–Crippen MR) is 136 cm³/mol. The molecule has 3 saturated heterocycles. The zero-order valence-electron chi connectivity index (χ0n) is 22.4. The van der Waals surface area contributed by atoms with E-state index in [4.69, 9.17) is 9.57 Å². The Morgan fingerprint density at radius 1 is 1.14 bits per heavy atom. The molecular formula is C25H45N7O5. The van der Waals surface area contributed by atoms with Crippen LogP contribution in [0.5, 0.6) is 0 Å². The molecule has 3 aliphatic heterocycles. The van der Waals surface area contributed by atoms with Gasteiger partial charge in [-0.15, -0.1) is 0 Å². The zero-order valence-corrected chi connectivity index (χ0v) is 22.4. The minimum atomic E-state index is -0.536. The van der Waals surface area contributed by atoms with Crippen LogP contribution in [0.2, 0.25) is 0 Å². The van der Waals surface area contributed by atoms with E-state index in [1.54, 1.807) is 4.90 Å². The largest absolute Gasteiger partial charge is 0.444 e. The number of hydroxylamine groups is 1. The molecule has 0 aromatic rings. The molecule has 210 valence electrons. The van der Waals surface area contributed by atoms with Crippen LogP contribution in [-0.2, 0) is 19.2 Å². The molecule has 4 rings (SSSR count). The van der Waals surface area contributed by atoms with Gasteiger partial charge in [-0.25, -0.2) is 10.2 Å². The van der Waals surface area contributed by atoms with E-state index in [9.17, 15) is 14.4 Å². The van der Waals surface area contributed by atoms with Crippen molar-refractivity contribution in [3.05, 3.63) is 0 Å². The van der Waals surface area contributed by atoms with Gasteiger partial charge < -0.3 is 20.3 Å². The van der Waals surface area contributed by atoms with Crippen molar-refractivity contribution in [1.29, 1.82) is 0 Å². The molecule has 3 heterocycles. The molecule has 12 nitrogen and oxygen atoms in total. The first-order chi connectivity index (χ1) is 17.7. The minimum Gasteiger partial charge on any atom is -0.444 e. The van der Waals surface area contributed by atoms with E-state index in [0.717, 1.165) is 45.1 Å². The third-order valence-corrected chi connectivity index (χ3v) is 7.62. The maximum absolute atomic E-state index is 12.6. The van der Waals surface area contributed by atoms with E-state index >= 15 is 0 Å². The van der Waals surface area contributed by atoms with Gasteiger partial charge in [-0.05, 0) is 65.8 Å². The molecule has 12 heteroatoms. The molecule has 0 radical (unpaired) electrons. The van der Waals surface area contributed by atoms with Gasteiger partial charge >= 0.3 is 6.09 Å². The molecule has 0 aromatic carbocycles. The van der Waals surface area contributed by atoms with Crippen molar-refractivity contribution in [3.63, 3.8) is 0 Å². The fourth-order valence-electron chi connectivity index (χ4n) is 5.80. The Labute approximate surface area is 219 Å². The van der Waals surface area contributed by atoms with E-state index in [1.165, 1.54) is 6.42 Å². The summed E-state index contributed by atoms with van der Waals surface area (Å²) in [5, 5.41) is 9.84. The first kappa shape index (κ1) is 28.0. The molecule has 1 aliphatic carbocycles. The summed E-state index contributed by atoms with van der Waals surface area (Å²) >= 11 is 0. The zero-order chi connectivity index (χ0) is 26.4. The number of ether oxygens (including phenoxy) is 1. The van der Waals surface area contributed by atoms with Gasteiger partial charge in [0.15, 0.2) is 0 Å². The van der Waals surface area contributed by atoms with Gasteiger partial charge in [-0.2, -0.15) is 5.48 Å². The Bertz CT molecular complexity index is 807. The molecular weight excluding hydrogens is 478 g/mol. The first-order valence-corrected chi connectivity index (χ1v) is 13.9. The highest BCUT2D eigenvalue weighted by atomic mass is 16.7. The summed E-state index contributed by atoms with van der Waals surface area (Å²) in [4.78, 5) is 44.4. The Kier molecular flexibility index (Phi) is 9.62. The minimum absolute atomic E-state index is 0.0134. The predicted octanol–water partition coefficient (Wildman–Crippen LogP) is 0.806. The van der Waals surface area contributed by atoms with Gasteiger partial charge in [0, 0.05) is 31.3 Å². The topological polar surface area (TPSA) is 145 Å². The van der Waals surface area contributed by atoms with Crippen molar-refractivity contribution in [2.45, 2.75) is 109 Å². The Hall–Kier alpha value is -1.99. The number of rotatable bonds is 9. The van der Waals surface area contributed by atoms with E-state index in [2.05, 4.69) is 32.3 Å². The number of nitrogens with one attached hydrogen (secondary N) is 6. The van der Waals surface area contributed by atoms with Crippen molar-refractivity contribution in [2.75, 3.05) is 19.6 Å². The number of hydrogen-bond acceptors (Lipinski definition) is 9. The number of nitrogens with zero attached hydrogens (tertiary/aromatic N) is 1. The lowest BCUT2D eigenvalue weighted by Crippen LogP contribution is -2.64.